The van der Waals surface area contributed by atoms with Gasteiger partial charge in [0.2, 0.25) is 5.95 Å². The maximum absolute atomic E-state index is 6.61. The monoisotopic (exact) mass is 818 g/mol. The van der Waals surface area contributed by atoms with Gasteiger partial charge in [-0.3, -0.25) is 4.57 Å². The van der Waals surface area contributed by atoms with Crippen LogP contribution in [-0.4, -0.2) is 19.5 Å². The molecule has 9 aromatic carbocycles. The maximum Gasteiger partial charge on any atom is 0.238 e. The van der Waals surface area contributed by atoms with Crippen molar-refractivity contribution in [1.82, 2.24) is 19.5 Å². The van der Waals surface area contributed by atoms with Crippen LogP contribution in [0.5, 0.6) is 0 Å². The largest absolute Gasteiger partial charge is 0.456 e. The predicted octanol–water partition coefficient (Wildman–Crippen LogP) is 14.5. The second kappa shape index (κ2) is 13.2. The Morgan fingerprint density at radius 2 is 0.875 bits per heavy atom. The Balaban J connectivity index is 1.07. The number of fused-ring (bicyclic) bond motifs is 12. The third kappa shape index (κ3) is 4.82. The molecule has 13 aromatic rings. The Labute approximate surface area is 366 Å². The molecule has 0 spiro atoms. The third-order valence-electron chi connectivity index (χ3n) is 13.4. The number of hydrogen-bond acceptors (Lipinski definition) is 5. The fourth-order valence-corrected chi connectivity index (χ4v) is 10.6. The lowest BCUT2D eigenvalue weighted by Gasteiger charge is -2.32. The van der Waals surface area contributed by atoms with E-state index in [4.69, 9.17) is 23.8 Å². The summed E-state index contributed by atoms with van der Waals surface area (Å²) in [4.78, 5) is 16.8. The molecular weight excluding hydrogens is 785 g/mol. The first kappa shape index (κ1) is 35.0. The molecule has 0 N–H and O–H groups in total. The summed E-state index contributed by atoms with van der Waals surface area (Å²) in [5.74, 6) is 1.75. The fourth-order valence-electron chi connectivity index (χ4n) is 10.6. The van der Waals surface area contributed by atoms with Gasteiger partial charge >= 0.3 is 0 Å². The van der Waals surface area contributed by atoms with E-state index in [9.17, 15) is 0 Å². The number of nitrogens with zero attached hydrogens (tertiary/aromatic N) is 4. The van der Waals surface area contributed by atoms with Crippen molar-refractivity contribution in [2.75, 3.05) is 0 Å². The second-order valence-corrected chi connectivity index (χ2v) is 16.7. The van der Waals surface area contributed by atoms with Crippen LogP contribution in [0, 0.1) is 0 Å². The van der Waals surface area contributed by atoms with Crippen molar-refractivity contribution in [3.8, 4) is 39.6 Å². The fraction of sp³-hybridized carbons (Fsp3) is 0.0172. The molecule has 298 valence electrons. The molecule has 6 heteroatoms. The van der Waals surface area contributed by atoms with Gasteiger partial charge in [0.1, 0.15) is 27.7 Å². The van der Waals surface area contributed by atoms with Gasteiger partial charge in [0.15, 0.2) is 11.6 Å². The Kier molecular flexibility index (Phi) is 7.22. The molecular formula is C58H34N4O2. The maximum atomic E-state index is 6.61. The molecule has 0 radical (unpaired) electrons. The van der Waals surface area contributed by atoms with Crippen LogP contribution in [0.3, 0.4) is 0 Å². The van der Waals surface area contributed by atoms with Crippen molar-refractivity contribution < 1.29 is 8.83 Å². The van der Waals surface area contributed by atoms with E-state index in [1.54, 1.807) is 0 Å². The van der Waals surface area contributed by atoms with Crippen molar-refractivity contribution >= 4 is 65.7 Å². The number of benzene rings is 9. The summed E-state index contributed by atoms with van der Waals surface area (Å²) in [6.45, 7) is 0. The standard InChI is InChI=1S/C58H34N4O2/c1-7-20-45-38(14-1)39-15-2-8-21-46(39)58(45,47-22-13-27-53-54(47)43-19-6-12-26-51(43)64-53)56-59-55(60-57(61-56)62-48-23-9-3-16-40(48)41-17-4-10-24-49(41)62)36-30-28-35(29-31-36)37-32-33-52-44(34-37)42-18-5-11-25-50(42)63-52/h1-34H. The molecule has 14 rings (SSSR count). The number of hydrogen-bond donors (Lipinski definition) is 0. The lowest BCUT2D eigenvalue weighted by molar-refractivity contribution is 0.664. The first-order chi connectivity index (χ1) is 31.7. The lowest BCUT2D eigenvalue weighted by atomic mass is 9.70. The van der Waals surface area contributed by atoms with E-state index in [1.807, 2.05) is 24.3 Å². The zero-order chi connectivity index (χ0) is 41.9. The van der Waals surface area contributed by atoms with E-state index in [-0.39, 0.29) is 0 Å². The quantitative estimate of drug-likeness (QED) is 0.173. The minimum atomic E-state index is -0.965. The molecule has 64 heavy (non-hydrogen) atoms. The summed E-state index contributed by atoms with van der Waals surface area (Å²) in [7, 11) is 0. The van der Waals surface area contributed by atoms with Gasteiger partial charge in [0.05, 0.1) is 11.0 Å². The van der Waals surface area contributed by atoms with Crippen molar-refractivity contribution in [2.24, 2.45) is 0 Å². The molecule has 0 bridgehead atoms. The van der Waals surface area contributed by atoms with Gasteiger partial charge in [-0.2, -0.15) is 9.97 Å². The number of rotatable bonds is 5. The molecule has 0 fully saturated rings. The third-order valence-corrected chi connectivity index (χ3v) is 13.4. The Hall–Kier alpha value is -8.61. The minimum Gasteiger partial charge on any atom is -0.456 e. The molecule has 0 saturated heterocycles. The molecule has 0 unspecified atom stereocenters. The molecule has 4 aromatic heterocycles. The summed E-state index contributed by atoms with van der Waals surface area (Å²) in [6, 6.07) is 72.4. The van der Waals surface area contributed by atoms with E-state index in [0.717, 1.165) is 110 Å². The van der Waals surface area contributed by atoms with Gasteiger partial charge in [-0.25, -0.2) is 4.98 Å². The summed E-state index contributed by atoms with van der Waals surface area (Å²) >= 11 is 0. The average Bonchev–Trinajstić information content (AvgIpc) is 4.11. The predicted molar refractivity (Wildman–Crippen MR) is 257 cm³/mol. The summed E-state index contributed by atoms with van der Waals surface area (Å²) in [6.07, 6.45) is 0. The van der Waals surface area contributed by atoms with Crippen LogP contribution in [0.25, 0.3) is 105 Å². The van der Waals surface area contributed by atoms with Crippen LogP contribution in [0.1, 0.15) is 22.5 Å². The average molecular weight is 819 g/mol. The van der Waals surface area contributed by atoms with Crippen LogP contribution in [0.4, 0.5) is 0 Å². The molecule has 0 aliphatic heterocycles. The van der Waals surface area contributed by atoms with E-state index in [2.05, 4.69) is 187 Å². The van der Waals surface area contributed by atoms with Crippen molar-refractivity contribution in [3.05, 3.63) is 229 Å². The highest BCUT2D eigenvalue weighted by atomic mass is 16.3. The van der Waals surface area contributed by atoms with Gasteiger partial charge in [0.25, 0.3) is 0 Å². The van der Waals surface area contributed by atoms with Crippen LogP contribution in [-0.2, 0) is 5.41 Å². The zero-order valence-corrected chi connectivity index (χ0v) is 34.2. The van der Waals surface area contributed by atoms with Gasteiger partial charge in [-0.15, -0.1) is 0 Å². The van der Waals surface area contributed by atoms with Crippen molar-refractivity contribution in [3.63, 3.8) is 0 Å². The molecule has 4 heterocycles. The SMILES string of the molecule is c1ccc2c(c1)-c1ccccc1C2(c1nc(-c2ccc(-c3ccc4oc5ccccc5c4c3)cc2)nc(-n2c3ccccc3c3ccccc32)n1)c1cccc2oc3ccccc3c12. The first-order valence-corrected chi connectivity index (χ1v) is 21.6. The van der Waals surface area contributed by atoms with E-state index in [1.165, 1.54) is 0 Å². The molecule has 0 saturated carbocycles. The topological polar surface area (TPSA) is 69.9 Å². The smallest absolute Gasteiger partial charge is 0.238 e. The molecule has 0 atom stereocenters. The van der Waals surface area contributed by atoms with E-state index in [0.29, 0.717) is 17.6 Å². The highest BCUT2D eigenvalue weighted by molar-refractivity contribution is 6.10. The van der Waals surface area contributed by atoms with Crippen LogP contribution < -0.4 is 0 Å². The second-order valence-electron chi connectivity index (χ2n) is 16.7. The number of aromatic nitrogens is 4. The molecule has 1 aliphatic rings. The summed E-state index contributed by atoms with van der Waals surface area (Å²) < 4.78 is 15.0. The van der Waals surface area contributed by atoms with Crippen LogP contribution >= 0.6 is 0 Å². The summed E-state index contributed by atoms with van der Waals surface area (Å²) in [5.41, 5.74) is 13.1. The summed E-state index contributed by atoms with van der Waals surface area (Å²) in [5, 5.41) is 6.55. The Bertz CT molecular complexity index is 3940. The molecule has 6 nitrogen and oxygen atoms in total. The van der Waals surface area contributed by atoms with Gasteiger partial charge in [-0.05, 0) is 81.4 Å². The number of furan rings is 2. The highest BCUT2D eigenvalue weighted by Crippen LogP contribution is 2.57. The zero-order valence-electron chi connectivity index (χ0n) is 34.2. The number of para-hydroxylation sites is 4. The van der Waals surface area contributed by atoms with E-state index >= 15 is 0 Å². The lowest BCUT2D eigenvalue weighted by Crippen LogP contribution is -2.32. The van der Waals surface area contributed by atoms with Crippen LogP contribution in [0.2, 0.25) is 0 Å². The van der Waals surface area contributed by atoms with Crippen molar-refractivity contribution in [2.45, 2.75) is 5.41 Å². The van der Waals surface area contributed by atoms with E-state index < -0.39 is 5.41 Å². The Morgan fingerprint density at radius 1 is 0.359 bits per heavy atom. The van der Waals surface area contributed by atoms with Gasteiger partial charge < -0.3 is 8.83 Å². The molecule has 1 aliphatic carbocycles. The Morgan fingerprint density at radius 3 is 1.59 bits per heavy atom. The van der Waals surface area contributed by atoms with Gasteiger partial charge in [0, 0.05) is 37.9 Å². The normalized spacial score (nSPS) is 13.1. The molecule has 0 amide bonds. The van der Waals surface area contributed by atoms with Crippen molar-refractivity contribution in [1.29, 1.82) is 0 Å². The highest BCUT2D eigenvalue weighted by Gasteiger charge is 2.50. The van der Waals surface area contributed by atoms with Gasteiger partial charge in [-0.1, -0.05) is 164 Å². The first-order valence-electron chi connectivity index (χ1n) is 21.6. The van der Waals surface area contributed by atoms with Crippen LogP contribution in [0.15, 0.2) is 215 Å². The minimum absolute atomic E-state index is 0.546.